The summed E-state index contributed by atoms with van der Waals surface area (Å²) in [7, 11) is 0. The van der Waals surface area contributed by atoms with Crippen LogP contribution in [-0.4, -0.2) is 12.1 Å². The number of carbonyl (C=O) groups excluding carboxylic acids is 1. The third-order valence-corrected chi connectivity index (χ3v) is 3.25. The molecule has 0 saturated heterocycles. The number of esters is 1. The van der Waals surface area contributed by atoms with E-state index in [1.165, 1.54) is 18.1 Å². The van der Waals surface area contributed by atoms with Gasteiger partial charge in [0.1, 0.15) is 6.10 Å². The number of hydrogen-bond acceptors (Lipinski definition) is 2. The van der Waals surface area contributed by atoms with E-state index in [0.717, 1.165) is 19.3 Å². The molecule has 0 aromatic rings. The maximum absolute atomic E-state index is 11.0. The van der Waals surface area contributed by atoms with E-state index in [0.29, 0.717) is 5.92 Å². The highest BCUT2D eigenvalue weighted by atomic mass is 16.5. The lowest BCUT2D eigenvalue weighted by Crippen LogP contribution is -2.24. The molecule has 0 aliphatic carbocycles. The summed E-state index contributed by atoms with van der Waals surface area (Å²) in [5.74, 6) is 0.272. The molecule has 0 amide bonds. The van der Waals surface area contributed by atoms with Gasteiger partial charge in [-0.15, -0.1) is 0 Å². The topological polar surface area (TPSA) is 26.3 Å². The second kappa shape index (κ2) is 7.48. The van der Waals surface area contributed by atoms with Gasteiger partial charge in [0, 0.05) is 6.92 Å². The molecule has 16 heavy (non-hydrogen) atoms. The van der Waals surface area contributed by atoms with Gasteiger partial charge in [0.2, 0.25) is 0 Å². The van der Waals surface area contributed by atoms with Crippen LogP contribution in [0.15, 0.2) is 11.1 Å². The summed E-state index contributed by atoms with van der Waals surface area (Å²) >= 11 is 0. The van der Waals surface area contributed by atoms with E-state index in [9.17, 15) is 4.79 Å². The van der Waals surface area contributed by atoms with Crippen LogP contribution in [0.1, 0.15) is 60.8 Å². The van der Waals surface area contributed by atoms with Crippen molar-refractivity contribution in [1.82, 2.24) is 0 Å². The molecule has 2 unspecified atom stereocenters. The van der Waals surface area contributed by atoms with Gasteiger partial charge >= 0.3 is 5.97 Å². The van der Waals surface area contributed by atoms with E-state index in [1.807, 2.05) is 0 Å². The van der Waals surface area contributed by atoms with Crippen LogP contribution in [0.25, 0.3) is 0 Å². The van der Waals surface area contributed by atoms with Crippen LogP contribution in [0.4, 0.5) is 0 Å². The van der Waals surface area contributed by atoms with Gasteiger partial charge < -0.3 is 4.74 Å². The predicted molar refractivity (Wildman–Crippen MR) is 68.3 cm³/mol. The summed E-state index contributed by atoms with van der Waals surface area (Å²) in [4.78, 5) is 11.0. The molecule has 0 aromatic heterocycles. The third kappa shape index (κ3) is 5.94. The Kier molecular flexibility index (Phi) is 7.11. The highest BCUT2D eigenvalue weighted by Crippen LogP contribution is 2.20. The van der Waals surface area contributed by atoms with Crippen LogP contribution >= 0.6 is 0 Å². The minimum Gasteiger partial charge on any atom is -0.462 e. The Balaban J connectivity index is 4.33. The molecule has 0 bridgehead atoms. The van der Waals surface area contributed by atoms with Crippen molar-refractivity contribution in [3.63, 3.8) is 0 Å². The zero-order valence-corrected chi connectivity index (χ0v) is 11.6. The van der Waals surface area contributed by atoms with E-state index in [1.54, 1.807) is 0 Å². The van der Waals surface area contributed by atoms with Crippen LogP contribution in [0, 0.1) is 5.92 Å². The van der Waals surface area contributed by atoms with Crippen molar-refractivity contribution in [2.24, 2.45) is 5.92 Å². The third-order valence-electron chi connectivity index (χ3n) is 3.25. The minimum absolute atomic E-state index is 0.0665. The van der Waals surface area contributed by atoms with E-state index in [4.69, 9.17) is 4.74 Å². The van der Waals surface area contributed by atoms with Crippen LogP contribution in [0.5, 0.6) is 0 Å². The molecule has 0 aliphatic rings. The second-order valence-electron chi connectivity index (χ2n) is 4.85. The molecule has 0 N–H and O–H groups in total. The number of rotatable bonds is 6. The largest absolute Gasteiger partial charge is 0.462 e. The van der Waals surface area contributed by atoms with Crippen LogP contribution in [0.2, 0.25) is 0 Å². The normalized spacial score (nSPS) is 14.1. The molecular weight excluding hydrogens is 200 g/mol. The molecule has 0 fully saturated rings. The van der Waals surface area contributed by atoms with Crippen molar-refractivity contribution in [3.8, 4) is 0 Å². The van der Waals surface area contributed by atoms with Gasteiger partial charge in [-0.1, -0.05) is 31.4 Å². The molecule has 0 rings (SSSR count). The lowest BCUT2D eigenvalue weighted by atomic mass is 9.95. The number of hydrogen-bond donors (Lipinski definition) is 0. The van der Waals surface area contributed by atoms with Gasteiger partial charge in [0.05, 0.1) is 0 Å². The lowest BCUT2D eigenvalue weighted by Gasteiger charge is -2.23. The quantitative estimate of drug-likeness (QED) is 0.503. The molecule has 2 nitrogen and oxygen atoms in total. The number of ether oxygens (including phenoxy) is 1. The van der Waals surface area contributed by atoms with Crippen molar-refractivity contribution in [3.05, 3.63) is 11.1 Å². The summed E-state index contributed by atoms with van der Waals surface area (Å²) in [5, 5.41) is 0. The average Bonchev–Trinajstić information content (AvgIpc) is 2.21. The number of carbonyl (C=O) groups is 1. The van der Waals surface area contributed by atoms with Crippen LogP contribution in [-0.2, 0) is 9.53 Å². The first-order valence-electron chi connectivity index (χ1n) is 6.18. The summed E-state index contributed by atoms with van der Waals surface area (Å²) in [6.45, 7) is 12.2. The van der Waals surface area contributed by atoms with Crippen molar-refractivity contribution < 1.29 is 9.53 Å². The summed E-state index contributed by atoms with van der Waals surface area (Å²) in [6.07, 6.45) is 3.07. The molecule has 0 heterocycles. The van der Waals surface area contributed by atoms with E-state index >= 15 is 0 Å². The smallest absolute Gasteiger partial charge is 0.302 e. The molecule has 0 saturated carbocycles. The maximum atomic E-state index is 11.0. The van der Waals surface area contributed by atoms with Crippen LogP contribution in [0.3, 0.4) is 0 Å². The molecule has 94 valence electrons. The fourth-order valence-corrected chi connectivity index (χ4v) is 1.54. The SMILES string of the molecule is CCC(C)C(CCC(C)=C(C)C)OC(C)=O. The van der Waals surface area contributed by atoms with E-state index in [-0.39, 0.29) is 12.1 Å². The van der Waals surface area contributed by atoms with Gasteiger partial charge in [-0.25, -0.2) is 0 Å². The molecule has 0 radical (unpaired) electrons. The molecule has 0 aromatic carbocycles. The Morgan fingerprint density at radius 1 is 1.19 bits per heavy atom. The highest BCUT2D eigenvalue weighted by molar-refractivity contribution is 5.66. The second-order valence-corrected chi connectivity index (χ2v) is 4.85. The van der Waals surface area contributed by atoms with Gasteiger partial charge in [-0.2, -0.15) is 0 Å². The van der Waals surface area contributed by atoms with Gasteiger partial charge in [-0.3, -0.25) is 4.79 Å². The Bertz CT molecular complexity index is 249. The predicted octanol–water partition coefficient (Wildman–Crippen LogP) is 4.10. The van der Waals surface area contributed by atoms with Crippen molar-refractivity contribution in [1.29, 1.82) is 0 Å². The van der Waals surface area contributed by atoms with Gasteiger partial charge in [0.15, 0.2) is 0 Å². The molecule has 0 spiro atoms. The van der Waals surface area contributed by atoms with Crippen molar-refractivity contribution >= 4 is 5.97 Å². The summed E-state index contributed by atoms with van der Waals surface area (Å²) < 4.78 is 5.37. The van der Waals surface area contributed by atoms with Gasteiger partial charge in [-0.05, 0) is 39.5 Å². The number of allylic oxidation sites excluding steroid dienone is 2. The Hall–Kier alpha value is -0.790. The molecular formula is C14H26O2. The van der Waals surface area contributed by atoms with E-state index < -0.39 is 0 Å². The zero-order chi connectivity index (χ0) is 12.7. The highest BCUT2D eigenvalue weighted by Gasteiger charge is 2.18. The molecule has 2 atom stereocenters. The average molecular weight is 226 g/mol. The van der Waals surface area contributed by atoms with Crippen LogP contribution < -0.4 is 0 Å². The van der Waals surface area contributed by atoms with Gasteiger partial charge in [0.25, 0.3) is 0 Å². The Morgan fingerprint density at radius 3 is 2.12 bits per heavy atom. The Morgan fingerprint density at radius 2 is 1.75 bits per heavy atom. The standard InChI is InChI=1S/C14H26O2/c1-7-11(4)14(16-13(6)15)9-8-12(5)10(2)3/h11,14H,7-9H2,1-6H3. The first kappa shape index (κ1) is 15.2. The minimum atomic E-state index is -0.167. The summed E-state index contributed by atoms with van der Waals surface area (Å²) in [5.41, 5.74) is 2.77. The van der Waals surface area contributed by atoms with Crippen molar-refractivity contribution in [2.45, 2.75) is 66.9 Å². The molecule has 0 aliphatic heterocycles. The molecule has 2 heteroatoms. The maximum Gasteiger partial charge on any atom is 0.302 e. The summed E-state index contributed by atoms with van der Waals surface area (Å²) in [6, 6.07) is 0. The fourth-order valence-electron chi connectivity index (χ4n) is 1.54. The zero-order valence-electron chi connectivity index (χ0n) is 11.6. The lowest BCUT2D eigenvalue weighted by molar-refractivity contribution is -0.149. The first-order chi connectivity index (χ1) is 7.38. The van der Waals surface area contributed by atoms with Crippen molar-refractivity contribution in [2.75, 3.05) is 0 Å². The first-order valence-corrected chi connectivity index (χ1v) is 6.18. The monoisotopic (exact) mass is 226 g/mol. The Labute approximate surface area is 100 Å². The fraction of sp³-hybridized carbons (Fsp3) is 0.786. The van der Waals surface area contributed by atoms with E-state index in [2.05, 4.69) is 34.6 Å².